The van der Waals surface area contributed by atoms with E-state index in [1.54, 1.807) is 0 Å². The molecule has 0 aromatic rings. The minimum Gasteiger partial charge on any atom is -0.125 e. The second-order valence-corrected chi connectivity index (χ2v) is 7.29. The second kappa shape index (κ2) is 5.67. The van der Waals surface area contributed by atoms with Gasteiger partial charge in [0.05, 0.1) is 0 Å². The number of rotatable bonds is 6. The first-order chi connectivity index (χ1) is 7.70. The highest BCUT2D eigenvalue weighted by molar-refractivity contribution is 7.36. The van der Waals surface area contributed by atoms with E-state index in [2.05, 4.69) is 32.7 Å². The van der Waals surface area contributed by atoms with Crippen molar-refractivity contribution in [3.05, 3.63) is 12.2 Å². The molecule has 2 rings (SSSR count). The third-order valence-electron chi connectivity index (χ3n) is 4.83. The molecular formula is C15H27P. The maximum absolute atomic E-state index is 2.47. The molecule has 0 saturated heterocycles. The maximum Gasteiger partial charge on any atom is -0.0173 e. The van der Waals surface area contributed by atoms with Crippen LogP contribution in [0.5, 0.6) is 0 Å². The summed E-state index contributed by atoms with van der Waals surface area (Å²) >= 11 is 0. The van der Waals surface area contributed by atoms with Crippen LogP contribution in [0.1, 0.15) is 39.5 Å². The number of hydrogen-bond donors (Lipinski definition) is 0. The lowest BCUT2D eigenvalue weighted by Gasteiger charge is -2.41. The number of hydrogen-bond acceptors (Lipinski definition) is 0. The highest BCUT2D eigenvalue weighted by atomic mass is 31.1. The van der Waals surface area contributed by atoms with Crippen molar-refractivity contribution in [2.75, 3.05) is 12.8 Å². The molecule has 1 heteroatoms. The van der Waals surface area contributed by atoms with Crippen molar-refractivity contribution in [3.8, 4) is 0 Å². The van der Waals surface area contributed by atoms with Crippen molar-refractivity contribution in [1.29, 1.82) is 0 Å². The lowest BCUT2D eigenvalue weighted by molar-refractivity contribution is 0.112. The average Bonchev–Trinajstić information content (AvgIpc) is 2.07. The van der Waals surface area contributed by atoms with Gasteiger partial charge in [-0.1, -0.05) is 26.0 Å². The van der Waals surface area contributed by atoms with Gasteiger partial charge in [-0.15, -0.1) is 8.58 Å². The largest absolute Gasteiger partial charge is 0.125 e. The molecule has 0 aromatic heterocycles. The average molecular weight is 238 g/mol. The molecule has 4 atom stereocenters. The molecule has 2 aliphatic carbocycles. The molecule has 16 heavy (non-hydrogen) atoms. The second-order valence-electron chi connectivity index (χ2n) is 6.17. The Hall–Kier alpha value is 0.170. The number of allylic oxidation sites excluding steroid dienone is 2. The van der Waals surface area contributed by atoms with Crippen LogP contribution in [0.15, 0.2) is 12.2 Å². The van der Waals surface area contributed by atoms with Gasteiger partial charge in [0, 0.05) is 0 Å². The first-order valence-electron chi connectivity index (χ1n) is 7.02. The Kier molecular flexibility index (Phi) is 4.48. The fourth-order valence-corrected chi connectivity index (χ4v) is 4.33. The van der Waals surface area contributed by atoms with Gasteiger partial charge in [0.1, 0.15) is 0 Å². The first kappa shape index (κ1) is 12.6. The van der Waals surface area contributed by atoms with Gasteiger partial charge in [-0.3, -0.25) is 0 Å². The van der Waals surface area contributed by atoms with Gasteiger partial charge >= 0.3 is 0 Å². The molecule has 2 aliphatic rings. The van der Waals surface area contributed by atoms with Crippen LogP contribution in [0, 0.1) is 29.6 Å². The molecule has 0 heterocycles. The molecule has 0 spiro atoms. The Morgan fingerprint density at radius 3 is 2.44 bits per heavy atom. The van der Waals surface area contributed by atoms with E-state index in [0.29, 0.717) is 0 Å². The van der Waals surface area contributed by atoms with Crippen LogP contribution in [0.4, 0.5) is 0 Å². The molecule has 1 saturated carbocycles. The smallest absolute Gasteiger partial charge is 0.0173 e. The summed E-state index contributed by atoms with van der Waals surface area (Å²) in [7, 11) is 1.15. The molecule has 0 aromatic carbocycles. The molecule has 0 nitrogen and oxygen atoms in total. The normalized spacial score (nSPS) is 37.1. The fourth-order valence-electron chi connectivity index (χ4n) is 3.35. The summed E-state index contributed by atoms with van der Waals surface area (Å²) in [5, 5.41) is 0. The van der Waals surface area contributed by atoms with Gasteiger partial charge in [-0.2, -0.15) is 0 Å². The van der Waals surface area contributed by atoms with E-state index in [-0.39, 0.29) is 0 Å². The van der Waals surface area contributed by atoms with E-state index >= 15 is 0 Å². The van der Waals surface area contributed by atoms with Gasteiger partial charge in [0.2, 0.25) is 0 Å². The van der Waals surface area contributed by atoms with E-state index < -0.39 is 0 Å². The van der Waals surface area contributed by atoms with Crippen molar-refractivity contribution in [3.63, 3.8) is 0 Å². The lowest BCUT2D eigenvalue weighted by atomic mass is 9.65. The van der Waals surface area contributed by atoms with Crippen molar-refractivity contribution in [2.45, 2.75) is 39.5 Å². The minimum absolute atomic E-state index is 0.925. The SMILES string of the molecule is CPCC(C)C1CC(CC(C)C2C=CC2)C1. The van der Waals surface area contributed by atoms with Crippen molar-refractivity contribution < 1.29 is 0 Å². The summed E-state index contributed by atoms with van der Waals surface area (Å²) in [6.07, 6.45) is 12.1. The van der Waals surface area contributed by atoms with Crippen LogP contribution < -0.4 is 0 Å². The summed E-state index contributed by atoms with van der Waals surface area (Å²) in [6, 6.07) is 0. The van der Waals surface area contributed by atoms with Gasteiger partial charge in [-0.25, -0.2) is 0 Å². The van der Waals surface area contributed by atoms with Gasteiger partial charge in [0.25, 0.3) is 0 Å². The highest BCUT2D eigenvalue weighted by Gasteiger charge is 2.34. The quantitative estimate of drug-likeness (QED) is 0.470. The summed E-state index contributed by atoms with van der Waals surface area (Å²) in [4.78, 5) is 0. The molecule has 4 unspecified atom stereocenters. The molecule has 0 N–H and O–H groups in total. The first-order valence-corrected chi connectivity index (χ1v) is 8.72. The molecular weight excluding hydrogens is 211 g/mol. The summed E-state index contributed by atoms with van der Waals surface area (Å²) in [6.45, 7) is 7.27. The van der Waals surface area contributed by atoms with Crippen LogP contribution in [-0.4, -0.2) is 12.8 Å². The molecule has 92 valence electrons. The van der Waals surface area contributed by atoms with Crippen LogP contribution in [0.3, 0.4) is 0 Å². The molecule has 0 radical (unpaired) electrons. The van der Waals surface area contributed by atoms with E-state index in [1.165, 1.54) is 31.8 Å². The molecule has 1 fully saturated rings. The standard InChI is InChI=1S/C15H27P/c1-11(14-5-4-6-14)7-13-8-15(9-13)12(2)10-16-3/h4-5,11-16H,6-10H2,1-3H3. The van der Waals surface area contributed by atoms with E-state index in [9.17, 15) is 0 Å². The zero-order valence-electron chi connectivity index (χ0n) is 11.1. The molecule has 0 amide bonds. The Labute approximate surface area is 103 Å². The Balaban J connectivity index is 1.62. The van der Waals surface area contributed by atoms with Crippen LogP contribution >= 0.6 is 8.58 Å². The third kappa shape index (κ3) is 2.89. The summed E-state index contributed by atoms with van der Waals surface area (Å²) in [5.74, 6) is 5.00. The Morgan fingerprint density at radius 2 is 1.94 bits per heavy atom. The summed E-state index contributed by atoms with van der Waals surface area (Å²) < 4.78 is 0. The minimum atomic E-state index is 0.925. The van der Waals surface area contributed by atoms with Crippen LogP contribution in [0.2, 0.25) is 0 Å². The van der Waals surface area contributed by atoms with Gasteiger partial charge in [0.15, 0.2) is 0 Å². The van der Waals surface area contributed by atoms with E-state index in [0.717, 1.165) is 38.2 Å². The van der Waals surface area contributed by atoms with E-state index in [4.69, 9.17) is 0 Å². The zero-order valence-corrected chi connectivity index (χ0v) is 12.1. The Morgan fingerprint density at radius 1 is 1.25 bits per heavy atom. The lowest BCUT2D eigenvalue weighted by Crippen LogP contribution is -2.32. The van der Waals surface area contributed by atoms with Gasteiger partial charge < -0.3 is 0 Å². The highest BCUT2D eigenvalue weighted by Crippen LogP contribution is 2.45. The molecule has 0 bridgehead atoms. The molecule has 0 aliphatic heterocycles. The predicted molar refractivity (Wildman–Crippen MR) is 75.5 cm³/mol. The predicted octanol–water partition coefficient (Wildman–Crippen LogP) is 4.56. The third-order valence-corrected chi connectivity index (χ3v) is 5.88. The van der Waals surface area contributed by atoms with E-state index in [1.807, 2.05) is 0 Å². The monoisotopic (exact) mass is 238 g/mol. The fraction of sp³-hybridized carbons (Fsp3) is 0.867. The van der Waals surface area contributed by atoms with Crippen molar-refractivity contribution in [1.82, 2.24) is 0 Å². The van der Waals surface area contributed by atoms with Crippen LogP contribution in [0.25, 0.3) is 0 Å². The van der Waals surface area contributed by atoms with Crippen LogP contribution in [-0.2, 0) is 0 Å². The maximum atomic E-state index is 2.47. The van der Waals surface area contributed by atoms with Gasteiger partial charge in [-0.05, 0) is 68.1 Å². The summed E-state index contributed by atoms with van der Waals surface area (Å²) in [5.41, 5.74) is 0. The topological polar surface area (TPSA) is 0 Å². The van der Waals surface area contributed by atoms with Crippen molar-refractivity contribution >= 4 is 8.58 Å². The van der Waals surface area contributed by atoms with Crippen molar-refractivity contribution in [2.24, 2.45) is 29.6 Å². The Bertz CT molecular complexity index is 240. The zero-order chi connectivity index (χ0) is 11.5.